The van der Waals surface area contributed by atoms with Crippen LogP contribution in [0.25, 0.3) is 0 Å². The van der Waals surface area contributed by atoms with E-state index in [2.05, 4.69) is 27.4 Å². The Morgan fingerprint density at radius 1 is 1.17 bits per heavy atom. The highest BCUT2D eigenvalue weighted by molar-refractivity contribution is 5.87. The van der Waals surface area contributed by atoms with Crippen LogP contribution in [-0.2, 0) is 14.3 Å². The van der Waals surface area contributed by atoms with Gasteiger partial charge in [0.1, 0.15) is 5.60 Å². The molecule has 0 amide bonds. The standard InChI is InChI=1S/C20H32O3/c1-6-7-18(4,5)23-20-11-15-8-16(12-20)10-19(9-15,13-20)22-17(21)14(2)3/h15-16H,2,6-13H2,1,3-5H3. The molecule has 4 rings (SSSR count). The topological polar surface area (TPSA) is 35.5 Å². The predicted octanol–water partition coefficient (Wildman–Crippen LogP) is 4.79. The van der Waals surface area contributed by atoms with Crippen LogP contribution in [-0.4, -0.2) is 22.8 Å². The van der Waals surface area contributed by atoms with Crippen molar-refractivity contribution in [2.24, 2.45) is 11.8 Å². The van der Waals surface area contributed by atoms with Gasteiger partial charge in [0.15, 0.2) is 0 Å². The van der Waals surface area contributed by atoms with Crippen LogP contribution >= 0.6 is 0 Å². The van der Waals surface area contributed by atoms with E-state index in [1.807, 2.05) is 0 Å². The molecule has 0 aromatic rings. The molecule has 0 saturated heterocycles. The maximum absolute atomic E-state index is 12.2. The lowest BCUT2D eigenvalue weighted by molar-refractivity contribution is -0.260. The van der Waals surface area contributed by atoms with Gasteiger partial charge in [-0.15, -0.1) is 0 Å². The Kier molecular flexibility index (Phi) is 4.15. The average molecular weight is 320 g/mol. The van der Waals surface area contributed by atoms with E-state index in [9.17, 15) is 4.79 Å². The van der Waals surface area contributed by atoms with Crippen LogP contribution in [0.1, 0.15) is 79.1 Å². The van der Waals surface area contributed by atoms with Crippen molar-refractivity contribution in [3.8, 4) is 0 Å². The second-order valence-corrected chi connectivity index (χ2v) is 9.11. The normalized spacial score (nSPS) is 38.6. The van der Waals surface area contributed by atoms with Crippen LogP contribution in [0.2, 0.25) is 0 Å². The van der Waals surface area contributed by atoms with Gasteiger partial charge in [-0.2, -0.15) is 0 Å². The van der Waals surface area contributed by atoms with Crippen molar-refractivity contribution in [3.05, 3.63) is 12.2 Å². The Balaban J connectivity index is 1.81. The zero-order valence-electron chi connectivity index (χ0n) is 15.2. The maximum Gasteiger partial charge on any atom is 0.333 e. The van der Waals surface area contributed by atoms with E-state index in [-0.39, 0.29) is 22.8 Å². The zero-order valence-corrected chi connectivity index (χ0v) is 15.2. The Bertz CT molecular complexity index is 491. The highest BCUT2D eigenvalue weighted by Crippen LogP contribution is 2.61. The first kappa shape index (κ1) is 17.0. The molecule has 0 aromatic heterocycles. The van der Waals surface area contributed by atoms with Gasteiger partial charge in [0, 0.05) is 12.0 Å². The molecule has 2 unspecified atom stereocenters. The molecule has 0 spiro atoms. The molecular formula is C20H32O3. The highest BCUT2D eigenvalue weighted by atomic mass is 16.6. The van der Waals surface area contributed by atoms with E-state index < -0.39 is 0 Å². The van der Waals surface area contributed by atoms with Crippen LogP contribution < -0.4 is 0 Å². The third-order valence-electron chi connectivity index (χ3n) is 5.96. The number of carbonyl (C=O) groups is 1. The summed E-state index contributed by atoms with van der Waals surface area (Å²) in [6, 6.07) is 0. The summed E-state index contributed by atoms with van der Waals surface area (Å²) in [5.41, 5.74) is 0.0163. The van der Waals surface area contributed by atoms with Crippen LogP contribution in [0.5, 0.6) is 0 Å². The first-order valence-corrected chi connectivity index (χ1v) is 9.26. The molecule has 2 atom stereocenters. The smallest absolute Gasteiger partial charge is 0.333 e. The molecule has 23 heavy (non-hydrogen) atoms. The lowest BCUT2D eigenvalue weighted by Crippen LogP contribution is -2.62. The van der Waals surface area contributed by atoms with Gasteiger partial charge in [0.05, 0.1) is 11.2 Å². The summed E-state index contributed by atoms with van der Waals surface area (Å²) in [6.07, 6.45) is 8.68. The summed E-state index contributed by atoms with van der Waals surface area (Å²) < 4.78 is 12.7. The van der Waals surface area contributed by atoms with E-state index >= 15 is 0 Å². The van der Waals surface area contributed by atoms with Gasteiger partial charge in [-0.1, -0.05) is 19.9 Å². The van der Waals surface area contributed by atoms with Crippen molar-refractivity contribution in [1.29, 1.82) is 0 Å². The third-order valence-corrected chi connectivity index (χ3v) is 5.96. The molecular weight excluding hydrogens is 288 g/mol. The van der Waals surface area contributed by atoms with Gasteiger partial charge in [-0.3, -0.25) is 0 Å². The fourth-order valence-electron chi connectivity index (χ4n) is 5.86. The summed E-state index contributed by atoms with van der Waals surface area (Å²) in [5.74, 6) is 1.06. The van der Waals surface area contributed by atoms with Gasteiger partial charge in [-0.05, 0) is 71.1 Å². The minimum atomic E-state index is -0.303. The molecule has 4 bridgehead atoms. The lowest BCUT2D eigenvalue weighted by Gasteiger charge is -2.62. The summed E-state index contributed by atoms with van der Waals surface area (Å²) in [7, 11) is 0. The molecule has 0 heterocycles. The summed E-state index contributed by atoms with van der Waals surface area (Å²) in [6.45, 7) is 12.1. The number of carbonyl (C=O) groups excluding carboxylic acids is 1. The number of hydrogen-bond donors (Lipinski definition) is 0. The number of rotatable bonds is 6. The summed E-state index contributed by atoms with van der Waals surface area (Å²) in [4.78, 5) is 12.2. The minimum absolute atomic E-state index is 0.0852. The Labute approximate surface area is 140 Å². The van der Waals surface area contributed by atoms with Crippen molar-refractivity contribution in [2.75, 3.05) is 0 Å². The number of ether oxygens (including phenoxy) is 2. The van der Waals surface area contributed by atoms with Crippen molar-refractivity contribution in [1.82, 2.24) is 0 Å². The molecule has 3 nitrogen and oxygen atoms in total. The molecule has 0 N–H and O–H groups in total. The Morgan fingerprint density at radius 3 is 2.26 bits per heavy atom. The van der Waals surface area contributed by atoms with Gasteiger partial charge in [-0.25, -0.2) is 4.79 Å². The second kappa shape index (κ2) is 5.61. The lowest BCUT2D eigenvalue weighted by atomic mass is 9.52. The Morgan fingerprint density at radius 2 is 1.74 bits per heavy atom. The molecule has 4 fully saturated rings. The zero-order chi connectivity index (χ0) is 16.9. The van der Waals surface area contributed by atoms with E-state index in [4.69, 9.17) is 9.47 Å². The van der Waals surface area contributed by atoms with Crippen molar-refractivity contribution in [2.45, 2.75) is 95.9 Å². The molecule has 4 saturated carbocycles. The van der Waals surface area contributed by atoms with E-state index in [1.54, 1.807) is 6.92 Å². The van der Waals surface area contributed by atoms with Crippen molar-refractivity contribution in [3.63, 3.8) is 0 Å². The second-order valence-electron chi connectivity index (χ2n) is 9.11. The van der Waals surface area contributed by atoms with E-state index in [0.717, 1.165) is 44.9 Å². The van der Waals surface area contributed by atoms with Gasteiger partial charge < -0.3 is 9.47 Å². The van der Waals surface area contributed by atoms with Crippen molar-refractivity contribution >= 4 is 5.97 Å². The average Bonchev–Trinajstić information content (AvgIpc) is 2.34. The quantitative estimate of drug-likeness (QED) is 0.521. The molecule has 4 aliphatic carbocycles. The SMILES string of the molecule is C=C(C)C(=O)OC12CC3CC(C1)CC(OC(C)(C)CCC)(C3)C2. The fraction of sp³-hybridized carbons (Fsp3) is 0.850. The summed E-state index contributed by atoms with van der Waals surface area (Å²) in [5, 5.41) is 0. The van der Waals surface area contributed by atoms with Crippen LogP contribution in [0, 0.1) is 11.8 Å². The number of hydrogen-bond acceptors (Lipinski definition) is 3. The van der Waals surface area contributed by atoms with Gasteiger partial charge >= 0.3 is 5.97 Å². The van der Waals surface area contributed by atoms with E-state index in [0.29, 0.717) is 17.4 Å². The monoisotopic (exact) mass is 320 g/mol. The largest absolute Gasteiger partial charge is 0.456 e. The first-order valence-electron chi connectivity index (χ1n) is 9.26. The molecule has 130 valence electrons. The highest BCUT2D eigenvalue weighted by Gasteiger charge is 2.61. The number of esters is 1. The van der Waals surface area contributed by atoms with Crippen molar-refractivity contribution < 1.29 is 14.3 Å². The summed E-state index contributed by atoms with van der Waals surface area (Å²) >= 11 is 0. The molecule has 4 aliphatic rings. The third kappa shape index (κ3) is 3.35. The predicted molar refractivity (Wildman–Crippen MR) is 91.1 cm³/mol. The Hall–Kier alpha value is -0.830. The van der Waals surface area contributed by atoms with Crippen LogP contribution in [0.3, 0.4) is 0 Å². The molecule has 0 aliphatic heterocycles. The molecule has 0 aromatic carbocycles. The maximum atomic E-state index is 12.2. The minimum Gasteiger partial charge on any atom is -0.456 e. The molecule has 0 radical (unpaired) electrons. The first-order chi connectivity index (χ1) is 10.7. The van der Waals surface area contributed by atoms with Crippen LogP contribution in [0.4, 0.5) is 0 Å². The van der Waals surface area contributed by atoms with E-state index in [1.165, 1.54) is 6.42 Å². The molecule has 3 heteroatoms. The fourth-order valence-corrected chi connectivity index (χ4v) is 5.86. The van der Waals surface area contributed by atoms with Gasteiger partial charge in [0.2, 0.25) is 0 Å². The van der Waals surface area contributed by atoms with Gasteiger partial charge in [0.25, 0.3) is 0 Å². The van der Waals surface area contributed by atoms with Crippen LogP contribution in [0.15, 0.2) is 12.2 Å².